The summed E-state index contributed by atoms with van der Waals surface area (Å²) in [6, 6.07) is 7.66. The molecule has 0 saturated heterocycles. The van der Waals surface area contributed by atoms with Crippen molar-refractivity contribution in [3.05, 3.63) is 35.4 Å². The zero-order chi connectivity index (χ0) is 15.2. The van der Waals surface area contributed by atoms with Crippen molar-refractivity contribution >= 4 is 5.97 Å². The predicted octanol–water partition coefficient (Wildman–Crippen LogP) is 3.86. The fraction of sp³-hybridized carbons (Fsp3) is 0.588. The second-order valence-corrected chi connectivity index (χ2v) is 6.17. The molecule has 0 fully saturated rings. The lowest BCUT2D eigenvalue weighted by atomic mass is 9.89. The van der Waals surface area contributed by atoms with Gasteiger partial charge in [-0.1, -0.05) is 46.2 Å². The van der Waals surface area contributed by atoms with E-state index in [0.29, 0.717) is 12.2 Å². The molecule has 0 heterocycles. The van der Waals surface area contributed by atoms with E-state index in [1.807, 2.05) is 39.0 Å². The van der Waals surface area contributed by atoms with E-state index >= 15 is 0 Å². The smallest absolute Gasteiger partial charge is 0.338 e. The Morgan fingerprint density at radius 1 is 1.30 bits per heavy atom. The standard InChI is InChI=1S/C17H26O3/c1-6-8-13-9-7-10-14(11-13)16(18)20-15(12-19-5)17(2,3)4/h7,9-11,15H,6,8,12H2,1-5H3. The molecule has 1 aromatic carbocycles. The number of benzene rings is 1. The third-order valence-electron chi connectivity index (χ3n) is 3.23. The highest BCUT2D eigenvalue weighted by Crippen LogP contribution is 2.23. The first-order chi connectivity index (χ1) is 9.38. The van der Waals surface area contributed by atoms with E-state index in [9.17, 15) is 4.79 Å². The summed E-state index contributed by atoms with van der Waals surface area (Å²) in [5.41, 5.74) is 1.63. The monoisotopic (exact) mass is 278 g/mol. The Labute approximate surface area is 122 Å². The molecule has 0 bridgehead atoms. The third kappa shape index (κ3) is 4.97. The van der Waals surface area contributed by atoms with Gasteiger partial charge < -0.3 is 9.47 Å². The summed E-state index contributed by atoms with van der Waals surface area (Å²) >= 11 is 0. The highest BCUT2D eigenvalue weighted by atomic mass is 16.6. The molecule has 3 heteroatoms. The Bertz CT molecular complexity index is 432. The summed E-state index contributed by atoms with van der Waals surface area (Å²) in [6.45, 7) is 8.65. The van der Waals surface area contributed by atoms with E-state index < -0.39 is 0 Å². The number of hydrogen-bond acceptors (Lipinski definition) is 3. The molecule has 0 amide bonds. The number of carbonyl (C=O) groups excluding carboxylic acids is 1. The molecular weight excluding hydrogens is 252 g/mol. The van der Waals surface area contributed by atoms with Crippen LogP contribution < -0.4 is 0 Å². The van der Waals surface area contributed by atoms with Crippen molar-refractivity contribution in [2.45, 2.75) is 46.6 Å². The Kier molecular flexibility index (Phi) is 6.21. The van der Waals surface area contributed by atoms with Crippen LogP contribution in [0.25, 0.3) is 0 Å². The van der Waals surface area contributed by atoms with Crippen LogP contribution in [0.2, 0.25) is 0 Å². The zero-order valence-electron chi connectivity index (χ0n) is 13.2. The van der Waals surface area contributed by atoms with Gasteiger partial charge in [-0.2, -0.15) is 0 Å². The number of esters is 1. The molecule has 0 saturated carbocycles. The molecule has 3 nitrogen and oxygen atoms in total. The Morgan fingerprint density at radius 2 is 2.00 bits per heavy atom. The quantitative estimate of drug-likeness (QED) is 0.741. The highest BCUT2D eigenvalue weighted by molar-refractivity contribution is 5.89. The lowest BCUT2D eigenvalue weighted by Gasteiger charge is -2.29. The van der Waals surface area contributed by atoms with Gasteiger partial charge in [0.05, 0.1) is 12.2 Å². The molecule has 0 spiro atoms. The van der Waals surface area contributed by atoms with Crippen molar-refractivity contribution in [2.24, 2.45) is 5.41 Å². The second kappa shape index (κ2) is 7.44. The summed E-state index contributed by atoms with van der Waals surface area (Å²) in [6.07, 6.45) is 1.78. The van der Waals surface area contributed by atoms with E-state index in [1.165, 1.54) is 5.56 Å². The Balaban J connectivity index is 2.81. The Morgan fingerprint density at radius 3 is 2.55 bits per heavy atom. The topological polar surface area (TPSA) is 35.5 Å². The number of aryl methyl sites for hydroxylation is 1. The molecule has 1 rings (SSSR count). The van der Waals surface area contributed by atoms with Crippen LogP contribution in [0.4, 0.5) is 0 Å². The van der Waals surface area contributed by atoms with E-state index in [4.69, 9.17) is 9.47 Å². The first-order valence-corrected chi connectivity index (χ1v) is 7.17. The van der Waals surface area contributed by atoms with Gasteiger partial charge >= 0.3 is 5.97 Å². The van der Waals surface area contributed by atoms with Crippen LogP contribution in [0, 0.1) is 5.41 Å². The van der Waals surface area contributed by atoms with Gasteiger partial charge in [0.2, 0.25) is 0 Å². The molecule has 0 N–H and O–H groups in total. The van der Waals surface area contributed by atoms with Crippen molar-refractivity contribution in [3.8, 4) is 0 Å². The lowest BCUT2D eigenvalue weighted by molar-refractivity contribution is -0.0351. The minimum absolute atomic E-state index is 0.146. The molecule has 0 radical (unpaired) electrons. The van der Waals surface area contributed by atoms with Crippen molar-refractivity contribution in [1.29, 1.82) is 0 Å². The van der Waals surface area contributed by atoms with Crippen LogP contribution in [-0.2, 0) is 15.9 Å². The molecule has 1 aromatic rings. The number of methoxy groups -OCH3 is 1. The molecule has 0 aliphatic heterocycles. The van der Waals surface area contributed by atoms with Crippen LogP contribution in [-0.4, -0.2) is 25.8 Å². The van der Waals surface area contributed by atoms with Crippen molar-refractivity contribution in [2.75, 3.05) is 13.7 Å². The second-order valence-electron chi connectivity index (χ2n) is 6.17. The van der Waals surface area contributed by atoms with Crippen LogP contribution in [0.15, 0.2) is 24.3 Å². The first-order valence-electron chi connectivity index (χ1n) is 7.17. The summed E-state index contributed by atoms with van der Waals surface area (Å²) in [4.78, 5) is 12.3. The van der Waals surface area contributed by atoms with Gasteiger partial charge in [0.1, 0.15) is 6.10 Å². The Hall–Kier alpha value is -1.35. The van der Waals surface area contributed by atoms with Crippen molar-refractivity contribution in [1.82, 2.24) is 0 Å². The van der Waals surface area contributed by atoms with E-state index in [0.717, 1.165) is 12.8 Å². The van der Waals surface area contributed by atoms with Crippen molar-refractivity contribution < 1.29 is 14.3 Å². The largest absolute Gasteiger partial charge is 0.456 e. The number of ether oxygens (including phenoxy) is 2. The van der Waals surface area contributed by atoms with Gasteiger partial charge in [-0.25, -0.2) is 4.79 Å². The van der Waals surface area contributed by atoms with Gasteiger partial charge in [-0.15, -0.1) is 0 Å². The summed E-state index contributed by atoms with van der Waals surface area (Å²) in [7, 11) is 1.62. The average Bonchev–Trinajstić information content (AvgIpc) is 2.38. The average molecular weight is 278 g/mol. The molecule has 20 heavy (non-hydrogen) atoms. The summed E-state index contributed by atoms with van der Waals surface area (Å²) in [5, 5.41) is 0. The molecule has 1 unspecified atom stereocenters. The van der Waals surface area contributed by atoms with Gasteiger partial charge in [0, 0.05) is 12.5 Å². The summed E-state index contributed by atoms with van der Waals surface area (Å²) in [5.74, 6) is -0.278. The van der Waals surface area contributed by atoms with Crippen LogP contribution in [0.1, 0.15) is 50.0 Å². The third-order valence-corrected chi connectivity index (χ3v) is 3.23. The van der Waals surface area contributed by atoms with Gasteiger partial charge in [0.15, 0.2) is 0 Å². The molecule has 0 aliphatic rings. The predicted molar refractivity (Wildman–Crippen MR) is 81.0 cm³/mol. The first kappa shape index (κ1) is 16.7. The zero-order valence-corrected chi connectivity index (χ0v) is 13.2. The van der Waals surface area contributed by atoms with Crippen LogP contribution >= 0.6 is 0 Å². The normalized spacial score (nSPS) is 13.1. The van der Waals surface area contributed by atoms with Crippen molar-refractivity contribution in [3.63, 3.8) is 0 Å². The summed E-state index contributed by atoms with van der Waals surface area (Å²) < 4.78 is 10.8. The van der Waals surface area contributed by atoms with E-state index in [-0.39, 0.29) is 17.5 Å². The number of rotatable bonds is 6. The minimum Gasteiger partial charge on any atom is -0.456 e. The van der Waals surface area contributed by atoms with E-state index in [2.05, 4.69) is 6.92 Å². The van der Waals surface area contributed by atoms with E-state index in [1.54, 1.807) is 13.2 Å². The molecule has 1 atom stereocenters. The fourth-order valence-electron chi connectivity index (χ4n) is 1.95. The maximum absolute atomic E-state index is 12.3. The molecule has 112 valence electrons. The van der Waals surface area contributed by atoms with Gasteiger partial charge in [0.25, 0.3) is 0 Å². The molecular formula is C17H26O3. The maximum atomic E-state index is 12.3. The SMILES string of the molecule is CCCc1cccc(C(=O)OC(COC)C(C)(C)C)c1. The van der Waals surface area contributed by atoms with Crippen LogP contribution in [0.5, 0.6) is 0 Å². The van der Waals surface area contributed by atoms with Crippen LogP contribution in [0.3, 0.4) is 0 Å². The highest BCUT2D eigenvalue weighted by Gasteiger charge is 2.28. The molecule has 0 aliphatic carbocycles. The lowest BCUT2D eigenvalue weighted by Crippen LogP contribution is -2.35. The molecule has 0 aromatic heterocycles. The van der Waals surface area contributed by atoms with Gasteiger partial charge in [-0.05, 0) is 24.1 Å². The van der Waals surface area contributed by atoms with Gasteiger partial charge in [-0.3, -0.25) is 0 Å². The number of hydrogen-bond donors (Lipinski definition) is 0. The number of carbonyl (C=O) groups is 1. The minimum atomic E-state index is -0.278. The maximum Gasteiger partial charge on any atom is 0.338 e. The fourth-order valence-corrected chi connectivity index (χ4v) is 1.95.